The molecule has 2 aliphatic rings. The Bertz CT molecular complexity index is 1100. The highest BCUT2D eigenvalue weighted by Crippen LogP contribution is 2.39. The fourth-order valence-electron chi connectivity index (χ4n) is 4.07. The molecule has 31 heavy (non-hydrogen) atoms. The quantitative estimate of drug-likeness (QED) is 0.418. The molecule has 7 nitrogen and oxygen atoms in total. The highest BCUT2D eigenvalue weighted by molar-refractivity contribution is 6.36. The molecule has 1 atom stereocenters. The van der Waals surface area contributed by atoms with Gasteiger partial charge in [-0.25, -0.2) is 4.79 Å². The first-order chi connectivity index (χ1) is 14.8. The summed E-state index contributed by atoms with van der Waals surface area (Å²) in [7, 11) is 0. The number of carbonyl (C=O) groups is 4. The Balaban J connectivity index is 1.43. The number of imide groups is 1. The molecule has 1 aliphatic heterocycles. The minimum Gasteiger partial charge on any atom is -0.456 e. The first-order valence-corrected chi connectivity index (χ1v) is 10.4. The third-order valence-corrected chi connectivity index (χ3v) is 6.08. The van der Waals surface area contributed by atoms with Crippen molar-refractivity contribution < 1.29 is 23.9 Å². The molecule has 1 fully saturated rings. The molecule has 0 bridgehead atoms. The molecule has 0 saturated carbocycles. The minimum absolute atomic E-state index is 0.139. The smallest absolute Gasteiger partial charge is 0.326 e. The molecule has 1 heterocycles. The van der Waals surface area contributed by atoms with Crippen LogP contribution in [0.3, 0.4) is 0 Å². The van der Waals surface area contributed by atoms with Crippen LogP contribution in [0.4, 0.5) is 4.79 Å². The first kappa shape index (κ1) is 21.3. The number of esters is 1. The van der Waals surface area contributed by atoms with Crippen molar-refractivity contribution in [3.05, 3.63) is 69.2 Å². The number of hydrogen-bond acceptors (Lipinski definition) is 5. The van der Waals surface area contributed by atoms with Crippen LogP contribution in [-0.4, -0.2) is 41.7 Å². The number of ether oxygens (including phenoxy) is 1. The molecule has 160 valence electrons. The number of carbonyl (C=O) groups excluding carboxylic acids is 4. The first-order valence-electron chi connectivity index (χ1n) is 9.68. The zero-order chi connectivity index (χ0) is 22.2. The fourth-order valence-corrected chi connectivity index (χ4v) is 4.58. The fraction of sp³-hybridized carbons (Fsp3) is 0.273. The Morgan fingerprint density at radius 1 is 1.13 bits per heavy atom. The van der Waals surface area contributed by atoms with E-state index < -0.39 is 42.4 Å². The van der Waals surface area contributed by atoms with E-state index in [9.17, 15) is 19.2 Å². The summed E-state index contributed by atoms with van der Waals surface area (Å²) in [6.45, 7) is -1.16. The second-order valence-corrected chi connectivity index (χ2v) is 8.29. The van der Waals surface area contributed by atoms with E-state index in [-0.39, 0.29) is 10.6 Å². The minimum atomic E-state index is -1.17. The number of amides is 3. The second-order valence-electron chi connectivity index (χ2n) is 7.45. The van der Waals surface area contributed by atoms with Crippen LogP contribution in [0.1, 0.15) is 34.3 Å². The normalized spacial score (nSPS) is 19.9. The van der Waals surface area contributed by atoms with Crippen molar-refractivity contribution in [1.29, 1.82) is 0 Å². The molecule has 1 unspecified atom stereocenters. The monoisotopic (exact) mass is 460 g/mol. The van der Waals surface area contributed by atoms with E-state index in [2.05, 4.69) is 5.32 Å². The second kappa shape index (κ2) is 8.32. The van der Waals surface area contributed by atoms with Gasteiger partial charge in [-0.15, -0.1) is 0 Å². The molecule has 1 N–H and O–H groups in total. The average molecular weight is 461 g/mol. The summed E-state index contributed by atoms with van der Waals surface area (Å²) >= 11 is 11.8. The van der Waals surface area contributed by atoms with Crippen LogP contribution < -0.4 is 5.32 Å². The molecular weight excluding hydrogens is 443 g/mol. The Hall–Kier alpha value is -2.90. The summed E-state index contributed by atoms with van der Waals surface area (Å²) in [6, 6.07) is 11.1. The summed E-state index contributed by atoms with van der Waals surface area (Å²) in [6.07, 6.45) is 2.00. The number of nitrogens with one attached hydrogen (secondary N) is 1. The molecule has 2 aromatic carbocycles. The van der Waals surface area contributed by atoms with E-state index in [1.54, 1.807) is 0 Å². The number of fused-ring (bicyclic) bond motifs is 2. The van der Waals surface area contributed by atoms with Gasteiger partial charge in [0, 0.05) is 10.6 Å². The number of halogens is 2. The molecule has 3 amide bonds. The van der Waals surface area contributed by atoms with Crippen LogP contribution >= 0.6 is 23.2 Å². The summed E-state index contributed by atoms with van der Waals surface area (Å²) in [4.78, 5) is 51.1. The predicted molar refractivity (Wildman–Crippen MR) is 113 cm³/mol. The van der Waals surface area contributed by atoms with Crippen molar-refractivity contribution in [1.82, 2.24) is 10.2 Å². The summed E-state index contributed by atoms with van der Waals surface area (Å²) in [5.41, 5.74) is 0.741. The van der Waals surface area contributed by atoms with E-state index in [0.717, 1.165) is 28.9 Å². The molecular formula is C22H18Cl2N2O5. The average Bonchev–Trinajstić information content (AvgIpc) is 2.97. The summed E-state index contributed by atoms with van der Waals surface area (Å²) in [5, 5.41) is 3.28. The van der Waals surface area contributed by atoms with Crippen molar-refractivity contribution >= 4 is 46.9 Å². The SMILES string of the molecule is O=C(CN1C(=O)NC2(CCCc3ccccc32)C1=O)OCC(=O)c1ccc(Cl)cc1Cl. The largest absolute Gasteiger partial charge is 0.456 e. The Labute approximate surface area is 188 Å². The van der Waals surface area contributed by atoms with Crippen LogP contribution in [0.15, 0.2) is 42.5 Å². The maximum atomic E-state index is 13.2. The Morgan fingerprint density at radius 3 is 2.68 bits per heavy atom. The van der Waals surface area contributed by atoms with Crippen LogP contribution in [0.2, 0.25) is 10.0 Å². The van der Waals surface area contributed by atoms with E-state index in [4.69, 9.17) is 27.9 Å². The number of aryl methyl sites for hydroxylation is 1. The van der Waals surface area contributed by atoms with Crippen LogP contribution in [0.5, 0.6) is 0 Å². The van der Waals surface area contributed by atoms with Gasteiger partial charge in [-0.05, 0) is 48.6 Å². The lowest BCUT2D eigenvalue weighted by atomic mass is 9.76. The van der Waals surface area contributed by atoms with Crippen LogP contribution in [-0.2, 0) is 26.3 Å². The van der Waals surface area contributed by atoms with Crippen LogP contribution in [0.25, 0.3) is 0 Å². The van der Waals surface area contributed by atoms with Gasteiger partial charge in [-0.3, -0.25) is 19.3 Å². The maximum Gasteiger partial charge on any atom is 0.326 e. The number of hydrogen-bond donors (Lipinski definition) is 1. The van der Waals surface area contributed by atoms with E-state index in [0.29, 0.717) is 11.4 Å². The number of rotatable bonds is 5. The Kier molecular flexibility index (Phi) is 5.73. The topological polar surface area (TPSA) is 92.8 Å². The molecule has 1 saturated heterocycles. The highest BCUT2D eigenvalue weighted by Gasteiger charge is 2.54. The number of Topliss-reactive ketones (excluding diaryl/α,β-unsaturated/α-hetero) is 1. The van der Waals surface area contributed by atoms with Gasteiger partial charge in [0.1, 0.15) is 12.1 Å². The van der Waals surface area contributed by atoms with Gasteiger partial charge in [0.2, 0.25) is 5.78 Å². The number of benzene rings is 2. The molecule has 1 spiro atoms. The van der Waals surface area contributed by atoms with Gasteiger partial charge in [0.05, 0.1) is 5.02 Å². The lowest BCUT2D eigenvalue weighted by molar-refractivity contribution is -0.147. The van der Waals surface area contributed by atoms with Gasteiger partial charge in [-0.2, -0.15) is 0 Å². The molecule has 1 aliphatic carbocycles. The molecule has 0 radical (unpaired) electrons. The van der Waals surface area contributed by atoms with Crippen molar-refractivity contribution in [2.24, 2.45) is 0 Å². The zero-order valence-corrected chi connectivity index (χ0v) is 17.8. The van der Waals surface area contributed by atoms with Gasteiger partial charge in [0.15, 0.2) is 6.61 Å². The van der Waals surface area contributed by atoms with E-state index in [1.165, 1.54) is 18.2 Å². The van der Waals surface area contributed by atoms with Crippen molar-refractivity contribution in [3.63, 3.8) is 0 Å². The molecule has 9 heteroatoms. The predicted octanol–water partition coefficient (Wildman–Crippen LogP) is 3.50. The zero-order valence-electron chi connectivity index (χ0n) is 16.3. The van der Waals surface area contributed by atoms with Crippen LogP contribution in [0, 0.1) is 0 Å². The molecule has 0 aromatic heterocycles. The van der Waals surface area contributed by atoms with Crippen molar-refractivity contribution in [2.45, 2.75) is 24.8 Å². The summed E-state index contributed by atoms with van der Waals surface area (Å²) < 4.78 is 4.99. The van der Waals surface area contributed by atoms with E-state index >= 15 is 0 Å². The standard InChI is InChI=1S/C22H18Cl2N2O5/c23-14-7-8-15(17(24)10-14)18(27)12-31-19(28)11-26-20(29)22(25-21(26)30)9-3-5-13-4-1-2-6-16(13)22/h1-2,4,6-8,10H,3,5,9,11-12H2,(H,25,30). The third-order valence-electron chi connectivity index (χ3n) is 5.53. The summed E-state index contributed by atoms with van der Waals surface area (Å²) in [5.74, 6) is -1.89. The number of nitrogens with zero attached hydrogens (tertiary/aromatic N) is 1. The lowest BCUT2D eigenvalue weighted by Gasteiger charge is -2.33. The van der Waals surface area contributed by atoms with Gasteiger partial charge >= 0.3 is 12.0 Å². The number of urea groups is 1. The maximum absolute atomic E-state index is 13.2. The molecule has 4 rings (SSSR count). The van der Waals surface area contributed by atoms with Gasteiger partial charge in [-0.1, -0.05) is 47.5 Å². The van der Waals surface area contributed by atoms with Gasteiger partial charge in [0.25, 0.3) is 5.91 Å². The molecule has 2 aromatic rings. The lowest BCUT2D eigenvalue weighted by Crippen LogP contribution is -2.46. The van der Waals surface area contributed by atoms with E-state index in [1.807, 2.05) is 24.3 Å². The third kappa shape index (κ3) is 3.91. The van der Waals surface area contributed by atoms with Crippen molar-refractivity contribution in [2.75, 3.05) is 13.2 Å². The van der Waals surface area contributed by atoms with Crippen molar-refractivity contribution in [3.8, 4) is 0 Å². The number of ketones is 1. The highest BCUT2D eigenvalue weighted by atomic mass is 35.5. The van der Waals surface area contributed by atoms with Gasteiger partial charge < -0.3 is 10.1 Å². The Morgan fingerprint density at radius 2 is 1.90 bits per heavy atom.